The van der Waals surface area contributed by atoms with Gasteiger partial charge in [0.05, 0.1) is 0 Å². The lowest BCUT2D eigenvalue weighted by Crippen LogP contribution is -2.45. The maximum Gasteiger partial charge on any atom is 0.134 e. The van der Waals surface area contributed by atoms with E-state index in [0.29, 0.717) is 25.0 Å². The molecule has 18 heavy (non-hydrogen) atoms. The molecule has 0 aromatic heterocycles. The lowest BCUT2D eigenvalue weighted by atomic mass is 10.1. The van der Waals surface area contributed by atoms with Crippen LogP contribution in [0.2, 0.25) is 0 Å². The van der Waals surface area contributed by atoms with Gasteiger partial charge < -0.3 is 14.6 Å². The highest BCUT2D eigenvalue weighted by molar-refractivity contribution is 5.78. The molecule has 0 unspecified atom stereocenters. The van der Waals surface area contributed by atoms with Crippen LogP contribution in [0.3, 0.4) is 0 Å². The second kappa shape index (κ2) is 8.38. The quantitative estimate of drug-likeness (QED) is 0.613. The first kappa shape index (κ1) is 15.3. The van der Waals surface area contributed by atoms with E-state index in [9.17, 15) is 9.59 Å². The molecule has 1 heterocycles. The number of nitrogens with zero attached hydrogens (tertiary/aromatic N) is 2. The number of piperazine rings is 1. The van der Waals surface area contributed by atoms with Gasteiger partial charge in [0.25, 0.3) is 0 Å². The number of Topliss-reactive ketones (excluding diaryl/α,β-unsaturated/α-hetero) is 2. The number of carbonyl (C=O) groups excluding carboxylic acids is 2. The molecule has 4 heteroatoms. The molecule has 0 atom stereocenters. The van der Waals surface area contributed by atoms with Crippen molar-refractivity contribution in [2.45, 2.75) is 39.0 Å². The SMILES string of the molecule is CC(=O)CCCCC(=O)CCN1CCN(C)CC1. The monoisotopic (exact) mass is 254 g/mol. The number of rotatable bonds is 8. The Morgan fingerprint density at radius 2 is 1.56 bits per heavy atom. The topological polar surface area (TPSA) is 40.6 Å². The largest absolute Gasteiger partial charge is 0.304 e. The van der Waals surface area contributed by atoms with Gasteiger partial charge in [-0.15, -0.1) is 0 Å². The van der Waals surface area contributed by atoms with Crippen molar-refractivity contribution in [3.8, 4) is 0 Å². The second-order valence-electron chi connectivity index (χ2n) is 5.34. The molecule has 0 N–H and O–H groups in total. The fraction of sp³-hybridized carbons (Fsp3) is 0.857. The number of ketones is 2. The normalized spacial score (nSPS) is 17.9. The summed E-state index contributed by atoms with van der Waals surface area (Å²) in [5.41, 5.74) is 0. The fourth-order valence-corrected chi connectivity index (χ4v) is 2.18. The number of carbonyl (C=O) groups is 2. The highest BCUT2D eigenvalue weighted by Crippen LogP contribution is 2.05. The molecule has 0 radical (unpaired) electrons. The van der Waals surface area contributed by atoms with Gasteiger partial charge in [-0.1, -0.05) is 0 Å². The highest BCUT2D eigenvalue weighted by Gasteiger charge is 2.14. The number of unbranched alkanes of at least 4 members (excludes halogenated alkanes) is 1. The first-order valence-corrected chi connectivity index (χ1v) is 7.00. The lowest BCUT2D eigenvalue weighted by molar-refractivity contribution is -0.120. The van der Waals surface area contributed by atoms with Gasteiger partial charge >= 0.3 is 0 Å². The Hall–Kier alpha value is -0.740. The summed E-state index contributed by atoms with van der Waals surface area (Å²) in [6, 6.07) is 0. The summed E-state index contributed by atoms with van der Waals surface area (Å²) >= 11 is 0. The van der Waals surface area contributed by atoms with Crippen LogP contribution in [0.25, 0.3) is 0 Å². The van der Waals surface area contributed by atoms with E-state index in [2.05, 4.69) is 16.8 Å². The van der Waals surface area contributed by atoms with E-state index in [0.717, 1.165) is 45.6 Å². The average molecular weight is 254 g/mol. The molecule has 1 saturated heterocycles. The molecule has 1 fully saturated rings. The molecule has 0 aromatic rings. The molecular formula is C14H26N2O2. The number of hydrogen-bond acceptors (Lipinski definition) is 4. The molecule has 0 aromatic carbocycles. The van der Waals surface area contributed by atoms with Gasteiger partial charge in [-0.25, -0.2) is 0 Å². The summed E-state index contributed by atoms with van der Waals surface area (Å²) in [6.45, 7) is 6.87. The molecule has 1 aliphatic rings. The summed E-state index contributed by atoms with van der Waals surface area (Å²) < 4.78 is 0. The molecule has 0 amide bonds. The van der Waals surface area contributed by atoms with E-state index in [-0.39, 0.29) is 5.78 Å². The predicted octanol–water partition coefficient (Wildman–Crippen LogP) is 1.34. The predicted molar refractivity (Wildman–Crippen MR) is 72.7 cm³/mol. The van der Waals surface area contributed by atoms with E-state index in [1.807, 2.05) is 0 Å². The number of likely N-dealkylation sites (N-methyl/N-ethyl adjacent to an activating group) is 1. The van der Waals surface area contributed by atoms with Crippen LogP contribution in [0.1, 0.15) is 39.0 Å². The zero-order chi connectivity index (χ0) is 13.4. The van der Waals surface area contributed by atoms with Crippen molar-refractivity contribution < 1.29 is 9.59 Å². The van der Waals surface area contributed by atoms with Crippen molar-refractivity contribution >= 4 is 11.6 Å². The molecule has 1 rings (SSSR count). The van der Waals surface area contributed by atoms with Gasteiger partial charge in [0.1, 0.15) is 11.6 Å². The minimum absolute atomic E-state index is 0.222. The highest BCUT2D eigenvalue weighted by atomic mass is 16.1. The van der Waals surface area contributed by atoms with Gasteiger partial charge in [-0.05, 0) is 26.8 Å². The minimum atomic E-state index is 0.222. The van der Waals surface area contributed by atoms with Crippen molar-refractivity contribution in [1.29, 1.82) is 0 Å². The van der Waals surface area contributed by atoms with Gasteiger partial charge in [0, 0.05) is 52.0 Å². The lowest BCUT2D eigenvalue weighted by Gasteiger charge is -2.32. The molecule has 0 saturated carbocycles. The third kappa shape index (κ3) is 6.87. The van der Waals surface area contributed by atoms with Crippen molar-refractivity contribution in [3.63, 3.8) is 0 Å². The van der Waals surface area contributed by atoms with Crippen LogP contribution in [0, 0.1) is 0 Å². The van der Waals surface area contributed by atoms with Gasteiger partial charge in [0.2, 0.25) is 0 Å². The van der Waals surface area contributed by atoms with Gasteiger partial charge in [-0.3, -0.25) is 4.79 Å². The molecule has 0 aliphatic carbocycles. The zero-order valence-corrected chi connectivity index (χ0v) is 11.8. The zero-order valence-electron chi connectivity index (χ0n) is 11.8. The number of hydrogen-bond donors (Lipinski definition) is 0. The first-order chi connectivity index (χ1) is 8.58. The van der Waals surface area contributed by atoms with Gasteiger partial charge in [-0.2, -0.15) is 0 Å². The van der Waals surface area contributed by atoms with Crippen molar-refractivity contribution in [3.05, 3.63) is 0 Å². The van der Waals surface area contributed by atoms with E-state index in [1.54, 1.807) is 6.92 Å². The second-order valence-corrected chi connectivity index (χ2v) is 5.34. The first-order valence-electron chi connectivity index (χ1n) is 7.00. The Labute approximate surface area is 110 Å². The van der Waals surface area contributed by atoms with Crippen molar-refractivity contribution in [1.82, 2.24) is 9.80 Å². The summed E-state index contributed by atoms with van der Waals surface area (Å²) in [7, 11) is 2.14. The van der Waals surface area contributed by atoms with Crippen LogP contribution >= 0.6 is 0 Å². The molecule has 4 nitrogen and oxygen atoms in total. The van der Waals surface area contributed by atoms with E-state index >= 15 is 0 Å². The maximum atomic E-state index is 11.7. The van der Waals surface area contributed by atoms with Crippen LogP contribution in [0.15, 0.2) is 0 Å². The summed E-state index contributed by atoms with van der Waals surface area (Å²) in [5.74, 6) is 0.567. The molecular weight excluding hydrogens is 228 g/mol. The molecule has 1 aliphatic heterocycles. The van der Waals surface area contributed by atoms with Gasteiger partial charge in [0.15, 0.2) is 0 Å². The van der Waals surface area contributed by atoms with Crippen molar-refractivity contribution in [2.24, 2.45) is 0 Å². The Morgan fingerprint density at radius 3 is 2.17 bits per heavy atom. The Balaban J connectivity index is 2.01. The Kier molecular flexibility index (Phi) is 7.13. The maximum absolute atomic E-state index is 11.7. The van der Waals surface area contributed by atoms with Crippen LogP contribution in [0.5, 0.6) is 0 Å². The third-order valence-electron chi connectivity index (χ3n) is 3.54. The van der Waals surface area contributed by atoms with Crippen LogP contribution < -0.4 is 0 Å². The average Bonchev–Trinajstić information content (AvgIpc) is 2.34. The third-order valence-corrected chi connectivity index (χ3v) is 3.54. The fourth-order valence-electron chi connectivity index (χ4n) is 2.18. The smallest absolute Gasteiger partial charge is 0.134 e. The van der Waals surface area contributed by atoms with E-state index in [4.69, 9.17) is 0 Å². The Morgan fingerprint density at radius 1 is 0.944 bits per heavy atom. The molecule has 0 bridgehead atoms. The summed E-state index contributed by atoms with van der Waals surface area (Å²) in [5, 5.41) is 0. The van der Waals surface area contributed by atoms with Crippen molar-refractivity contribution in [2.75, 3.05) is 39.8 Å². The Bertz CT molecular complexity index is 271. The van der Waals surface area contributed by atoms with E-state index < -0.39 is 0 Å². The van der Waals surface area contributed by atoms with Crippen LogP contribution in [-0.4, -0.2) is 61.1 Å². The summed E-state index contributed by atoms with van der Waals surface area (Å²) in [6.07, 6.45) is 3.65. The standard InChI is InChI=1S/C14H26N2O2/c1-13(17)5-3-4-6-14(18)7-8-16-11-9-15(2)10-12-16/h3-12H2,1-2H3. The summed E-state index contributed by atoms with van der Waals surface area (Å²) in [4.78, 5) is 27.1. The van der Waals surface area contributed by atoms with Crippen LogP contribution in [-0.2, 0) is 9.59 Å². The van der Waals surface area contributed by atoms with Crippen LogP contribution in [0.4, 0.5) is 0 Å². The minimum Gasteiger partial charge on any atom is -0.304 e. The van der Waals surface area contributed by atoms with E-state index in [1.165, 1.54) is 0 Å². The molecule has 0 spiro atoms. The molecule has 104 valence electrons.